The topological polar surface area (TPSA) is 41.1 Å². The van der Waals surface area contributed by atoms with Gasteiger partial charge in [0, 0.05) is 48.2 Å². The number of H-pyrrole nitrogens is 1. The molecule has 1 atom stereocenters. The van der Waals surface area contributed by atoms with E-state index in [2.05, 4.69) is 45.2 Å². The minimum atomic E-state index is 0.434. The smallest absolute Gasteiger partial charge is 0.213 e. The quantitative estimate of drug-likeness (QED) is 0.750. The van der Waals surface area contributed by atoms with Crippen molar-refractivity contribution in [3.63, 3.8) is 0 Å². The van der Waals surface area contributed by atoms with Gasteiger partial charge in [-0.1, -0.05) is 24.3 Å². The van der Waals surface area contributed by atoms with Crippen molar-refractivity contribution in [3.8, 4) is 5.88 Å². The summed E-state index contributed by atoms with van der Waals surface area (Å²) in [7, 11) is 1.68. The van der Waals surface area contributed by atoms with Gasteiger partial charge >= 0.3 is 0 Å². The Hall–Kier alpha value is -2.33. The van der Waals surface area contributed by atoms with Crippen LogP contribution in [0.25, 0.3) is 10.9 Å². The van der Waals surface area contributed by atoms with E-state index in [9.17, 15) is 0 Å². The van der Waals surface area contributed by atoms with Gasteiger partial charge in [-0.3, -0.25) is 4.90 Å². The molecule has 0 bridgehead atoms. The third-order valence-corrected chi connectivity index (χ3v) is 5.29. The molecule has 4 nitrogen and oxygen atoms in total. The lowest BCUT2D eigenvalue weighted by molar-refractivity contribution is 0.157. The summed E-state index contributed by atoms with van der Waals surface area (Å²) in [5, 5.41) is 1.37. The van der Waals surface area contributed by atoms with Crippen LogP contribution in [0.3, 0.4) is 0 Å². The van der Waals surface area contributed by atoms with Crippen LogP contribution in [0.1, 0.15) is 28.6 Å². The molecule has 5 rings (SSSR count). The molecule has 0 radical (unpaired) electrons. The fraction of sp³-hybridized carbons (Fsp3) is 0.316. The second-order valence-corrected chi connectivity index (χ2v) is 6.46. The number of hydrogen-bond donors (Lipinski definition) is 1. The van der Waals surface area contributed by atoms with Gasteiger partial charge in [-0.05, 0) is 23.6 Å². The van der Waals surface area contributed by atoms with Crippen LogP contribution in [0.4, 0.5) is 0 Å². The summed E-state index contributed by atoms with van der Waals surface area (Å²) in [6, 6.07) is 13.3. The average molecular weight is 305 g/mol. The van der Waals surface area contributed by atoms with E-state index in [1.165, 1.54) is 33.4 Å². The summed E-state index contributed by atoms with van der Waals surface area (Å²) >= 11 is 0. The van der Waals surface area contributed by atoms with E-state index in [0.717, 1.165) is 31.8 Å². The second kappa shape index (κ2) is 4.83. The summed E-state index contributed by atoms with van der Waals surface area (Å²) < 4.78 is 5.29. The molecule has 0 unspecified atom stereocenters. The molecule has 116 valence electrons. The van der Waals surface area contributed by atoms with Gasteiger partial charge in [-0.25, -0.2) is 4.98 Å². The second-order valence-electron chi connectivity index (χ2n) is 6.46. The summed E-state index contributed by atoms with van der Waals surface area (Å²) in [5.41, 5.74) is 6.69. The van der Waals surface area contributed by atoms with E-state index in [4.69, 9.17) is 4.74 Å². The predicted octanol–water partition coefficient (Wildman–Crippen LogP) is 3.23. The number of nitrogens with zero attached hydrogens (tertiary/aromatic N) is 2. The summed E-state index contributed by atoms with van der Waals surface area (Å²) in [5.74, 6) is 0.723. The van der Waals surface area contributed by atoms with E-state index < -0.39 is 0 Å². The van der Waals surface area contributed by atoms with Crippen LogP contribution in [0.5, 0.6) is 5.88 Å². The Morgan fingerprint density at radius 2 is 2.13 bits per heavy atom. The minimum absolute atomic E-state index is 0.434. The standard InChI is InChI=1S/C19H19N3O/c1-23-19-7-6-13-16(21-19)8-9-22-11-17-14(10-18(13)22)12-4-2-3-5-15(12)20-17/h2-7,18,20H,8-11H2,1H3/t18-/m0/s1. The number of benzene rings is 1. The third-order valence-electron chi connectivity index (χ3n) is 5.29. The molecule has 1 aromatic carbocycles. The van der Waals surface area contributed by atoms with Crippen molar-refractivity contribution in [1.82, 2.24) is 14.9 Å². The lowest BCUT2D eigenvalue weighted by Gasteiger charge is -2.40. The highest BCUT2D eigenvalue weighted by molar-refractivity contribution is 5.85. The molecule has 0 saturated carbocycles. The third kappa shape index (κ3) is 1.91. The molecule has 3 aromatic rings. The zero-order valence-corrected chi connectivity index (χ0v) is 13.2. The van der Waals surface area contributed by atoms with Gasteiger partial charge in [0.05, 0.1) is 12.8 Å². The molecular weight excluding hydrogens is 286 g/mol. The average Bonchev–Trinajstić information content (AvgIpc) is 2.97. The van der Waals surface area contributed by atoms with Crippen molar-refractivity contribution >= 4 is 10.9 Å². The minimum Gasteiger partial charge on any atom is -0.481 e. The predicted molar refractivity (Wildman–Crippen MR) is 89.6 cm³/mol. The SMILES string of the molecule is COc1ccc2c(n1)CCN1Cc3[nH]c4ccccc4c3C[C@@H]21. The molecule has 4 heteroatoms. The van der Waals surface area contributed by atoms with Gasteiger partial charge in [0.2, 0.25) is 5.88 Å². The van der Waals surface area contributed by atoms with Crippen molar-refractivity contribution in [2.24, 2.45) is 0 Å². The number of aromatic nitrogens is 2. The Morgan fingerprint density at radius 1 is 1.22 bits per heavy atom. The van der Waals surface area contributed by atoms with Gasteiger partial charge in [0.15, 0.2) is 0 Å². The first-order chi connectivity index (χ1) is 11.3. The van der Waals surface area contributed by atoms with Crippen molar-refractivity contribution < 1.29 is 4.74 Å². The highest BCUT2D eigenvalue weighted by Crippen LogP contribution is 2.40. The number of fused-ring (bicyclic) bond motifs is 6. The number of pyridine rings is 1. The number of hydrogen-bond acceptors (Lipinski definition) is 3. The van der Waals surface area contributed by atoms with Crippen LogP contribution in [-0.2, 0) is 19.4 Å². The summed E-state index contributed by atoms with van der Waals surface area (Å²) in [6.07, 6.45) is 2.05. The van der Waals surface area contributed by atoms with E-state index in [1.807, 2.05) is 6.07 Å². The molecule has 2 aliphatic rings. The van der Waals surface area contributed by atoms with E-state index in [-0.39, 0.29) is 0 Å². The van der Waals surface area contributed by atoms with Gasteiger partial charge in [0.1, 0.15) is 0 Å². The number of ether oxygens (including phenoxy) is 1. The molecule has 0 aliphatic carbocycles. The van der Waals surface area contributed by atoms with Crippen LogP contribution in [0, 0.1) is 0 Å². The van der Waals surface area contributed by atoms with Crippen molar-refractivity contribution in [2.75, 3.05) is 13.7 Å². The van der Waals surface area contributed by atoms with E-state index in [0.29, 0.717) is 6.04 Å². The zero-order valence-electron chi connectivity index (χ0n) is 13.2. The highest BCUT2D eigenvalue weighted by Gasteiger charge is 2.34. The molecule has 4 heterocycles. The van der Waals surface area contributed by atoms with Crippen LogP contribution in [0.15, 0.2) is 36.4 Å². The van der Waals surface area contributed by atoms with Crippen LogP contribution in [0.2, 0.25) is 0 Å². The number of methoxy groups -OCH3 is 1. The van der Waals surface area contributed by atoms with Crippen molar-refractivity contribution in [1.29, 1.82) is 0 Å². The van der Waals surface area contributed by atoms with Crippen LogP contribution >= 0.6 is 0 Å². The summed E-state index contributed by atoms with van der Waals surface area (Å²) in [4.78, 5) is 10.9. The normalized spacial score (nSPS) is 20.0. The number of rotatable bonds is 1. The van der Waals surface area contributed by atoms with Gasteiger partial charge in [-0.2, -0.15) is 0 Å². The molecule has 2 aliphatic heterocycles. The van der Waals surface area contributed by atoms with Crippen molar-refractivity contribution in [2.45, 2.75) is 25.4 Å². The Morgan fingerprint density at radius 3 is 3.04 bits per heavy atom. The van der Waals surface area contributed by atoms with Crippen LogP contribution < -0.4 is 4.74 Å². The Bertz CT molecular complexity index is 899. The first kappa shape index (κ1) is 13.1. The van der Waals surface area contributed by atoms with Gasteiger partial charge < -0.3 is 9.72 Å². The van der Waals surface area contributed by atoms with Gasteiger partial charge in [-0.15, -0.1) is 0 Å². The van der Waals surface area contributed by atoms with Crippen LogP contribution in [-0.4, -0.2) is 28.5 Å². The van der Waals surface area contributed by atoms with E-state index >= 15 is 0 Å². The van der Waals surface area contributed by atoms with E-state index in [1.54, 1.807) is 7.11 Å². The fourth-order valence-electron chi connectivity index (χ4n) is 4.16. The maximum absolute atomic E-state index is 5.29. The van der Waals surface area contributed by atoms with Gasteiger partial charge in [0.25, 0.3) is 0 Å². The molecule has 2 aromatic heterocycles. The molecule has 1 N–H and O–H groups in total. The molecule has 0 amide bonds. The lowest BCUT2D eigenvalue weighted by atomic mass is 9.87. The number of aromatic amines is 1. The maximum atomic E-state index is 5.29. The highest BCUT2D eigenvalue weighted by atomic mass is 16.5. The Balaban J connectivity index is 1.61. The van der Waals surface area contributed by atoms with Crippen molar-refractivity contribution in [3.05, 3.63) is 58.9 Å². The Kier molecular flexibility index (Phi) is 2.76. The molecular formula is C19H19N3O. The number of para-hydroxylation sites is 1. The summed E-state index contributed by atoms with van der Waals surface area (Å²) in [6.45, 7) is 2.06. The fourth-order valence-corrected chi connectivity index (χ4v) is 4.16. The maximum Gasteiger partial charge on any atom is 0.213 e. The zero-order chi connectivity index (χ0) is 15.4. The molecule has 23 heavy (non-hydrogen) atoms. The lowest BCUT2D eigenvalue weighted by Crippen LogP contribution is -2.39. The molecule has 0 saturated heterocycles. The number of nitrogens with one attached hydrogen (secondary N) is 1. The largest absolute Gasteiger partial charge is 0.481 e. The molecule has 0 fully saturated rings. The first-order valence-electron chi connectivity index (χ1n) is 8.20. The molecule has 0 spiro atoms. The first-order valence-corrected chi connectivity index (χ1v) is 8.20. The Labute approximate surface area is 135 Å². The monoisotopic (exact) mass is 305 g/mol.